The largest absolute Gasteiger partial charge is 0.328 e. The number of imidazole rings is 2. The predicted octanol–water partition coefficient (Wildman–Crippen LogP) is 0.790. The molecule has 1 aliphatic carbocycles. The van der Waals surface area contributed by atoms with E-state index >= 15 is 0 Å². The zero-order valence-electron chi connectivity index (χ0n) is 21.6. The summed E-state index contributed by atoms with van der Waals surface area (Å²) in [5, 5.41) is 13.5. The lowest BCUT2D eigenvalue weighted by Crippen LogP contribution is -2.57. The van der Waals surface area contributed by atoms with Crippen LogP contribution < -0.4 is 26.7 Å². The molecule has 13 nitrogen and oxygen atoms in total. The van der Waals surface area contributed by atoms with Gasteiger partial charge in [-0.1, -0.05) is 12.2 Å². The number of nitrogens with zero attached hydrogens (tertiary/aromatic N) is 5. The van der Waals surface area contributed by atoms with Crippen LogP contribution in [0, 0.1) is 0 Å². The Hall–Kier alpha value is -3.23. The number of nitrogens with one attached hydrogen (secondary N) is 5. The van der Waals surface area contributed by atoms with Crippen molar-refractivity contribution in [1.29, 1.82) is 0 Å². The number of hydrazine groups is 1. The van der Waals surface area contributed by atoms with Gasteiger partial charge in [-0.2, -0.15) is 0 Å². The average Bonchev–Trinajstić information content (AvgIpc) is 3.42. The Balaban J connectivity index is 1.64. The lowest BCUT2D eigenvalue weighted by atomic mass is 9.96. The summed E-state index contributed by atoms with van der Waals surface area (Å²) in [6.07, 6.45) is 8.94. The molecule has 0 bridgehead atoms. The molecule has 38 heavy (non-hydrogen) atoms. The molecule has 0 saturated carbocycles. The Morgan fingerprint density at radius 1 is 0.921 bits per heavy atom. The lowest BCUT2D eigenvalue weighted by Gasteiger charge is -2.34. The van der Waals surface area contributed by atoms with E-state index in [9.17, 15) is 14.4 Å². The maximum atomic E-state index is 12.9. The van der Waals surface area contributed by atoms with Crippen LogP contribution in [0.15, 0.2) is 36.2 Å². The summed E-state index contributed by atoms with van der Waals surface area (Å²) in [5.74, 6) is 0.105. The van der Waals surface area contributed by atoms with Crippen molar-refractivity contribution in [2.45, 2.75) is 12.1 Å². The second kappa shape index (κ2) is 13.0. The van der Waals surface area contributed by atoms with E-state index in [-0.39, 0.29) is 29.2 Å². The van der Waals surface area contributed by atoms with Gasteiger partial charge >= 0.3 is 5.91 Å². The molecular weight excluding hydrogens is 535 g/mol. The molecule has 2 aromatic rings. The number of halogens is 2. The first-order valence-corrected chi connectivity index (χ1v) is 12.8. The summed E-state index contributed by atoms with van der Waals surface area (Å²) in [5.41, 5.74) is 2.51. The first-order chi connectivity index (χ1) is 18.1. The van der Waals surface area contributed by atoms with Gasteiger partial charge in [0.15, 0.2) is 11.6 Å². The van der Waals surface area contributed by atoms with Crippen molar-refractivity contribution < 1.29 is 14.4 Å². The van der Waals surface area contributed by atoms with Crippen LogP contribution in [0.5, 0.6) is 0 Å². The number of hydrogen-bond acceptors (Lipinski definition) is 8. The van der Waals surface area contributed by atoms with Crippen molar-refractivity contribution in [1.82, 2.24) is 40.2 Å². The van der Waals surface area contributed by atoms with E-state index < -0.39 is 17.5 Å². The molecule has 0 radical (unpaired) electrons. The molecule has 2 heterocycles. The summed E-state index contributed by atoms with van der Waals surface area (Å²) in [4.78, 5) is 46.3. The minimum absolute atomic E-state index is 0.0491. The first-order valence-electron chi connectivity index (χ1n) is 11.8. The molecule has 2 aromatic heterocycles. The van der Waals surface area contributed by atoms with Crippen molar-refractivity contribution in [3.05, 3.63) is 47.8 Å². The van der Waals surface area contributed by atoms with Crippen molar-refractivity contribution in [3.63, 3.8) is 0 Å². The van der Waals surface area contributed by atoms with Crippen molar-refractivity contribution in [2.75, 3.05) is 49.6 Å². The Labute approximate surface area is 230 Å². The van der Waals surface area contributed by atoms with Crippen LogP contribution >= 0.6 is 23.2 Å². The molecule has 206 valence electrons. The van der Waals surface area contributed by atoms with Crippen LogP contribution in [0.25, 0.3) is 0 Å². The predicted molar refractivity (Wildman–Crippen MR) is 146 cm³/mol. The number of carbonyl (C=O) groups is 3. The fourth-order valence-corrected chi connectivity index (χ4v) is 3.95. The van der Waals surface area contributed by atoms with E-state index in [0.29, 0.717) is 36.8 Å². The fourth-order valence-electron chi connectivity index (χ4n) is 3.76. The van der Waals surface area contributed by atoms with E-state index in [2.05, 4.69) is 36.7 Å². The van der Waals surface area contributed by atoms with Crippen LogP contribution in [-0.4, -0.2) is 86.4 Å². The second-order valence-electron chi connectivity index (χ2n) is 8.76. The molecule has 0 spiro atoms. The van der Waals surface area contributed by atoms with Crippen molar-refractivity contribution in [2.24, 2.45) is 14.1 Å². The molecule has 0 saturated heterocycles. The van der Waals surface area contributed by atoms with Gasteiger partial charge in [0, 0.05) is 77.4 Å². The highest BCUT2D eigenvalue weighted by Gasteiger charge is 2.28. The van der Waals surface area contributed by atoms with Gasteiger partial charge in [-0.15, -0.1) is 23.2 Å². The standard InChI is InChI=1S/C23H32Cl2N10O3/c1-33(2)32-22(38)19-29-17(14-35(19)4)31-21(37)18-28-16(13-34(18)3)30-20(36)15-5-7-23(8-6-15,26-11-9-24)27-12-10-25/h5-7,13-14,26-27H,8-12H2,1-4H3,(H,30,36)(H,31,37)(H,32,38). The molecule has 0 unspecified atom stereocenters. The summed E-state index contributed by atoms with van der Waals surface area (Å²) >= 11 is 11.7. The van der Waals surface area contributed by atoms with E-state index in [1.54, 1.807) is 40.3 Å². The number of hydrogen-bond donors (Lipinski definition) is 5. The van der Waals surface area contributed by atoms with E-state index in [1.165, 1.54) is 26.5 Å². The molecule has 5 N–H and O–H groups in total. The maximum Gasteiger partial charge on any atom is 0.301 e. The Morgan fingerprint density at radius 2 is 1.45 bits per heavy atom. The van der Waals surface area contributed by atoms with Crippen LogP contribution in [-0.2, 0) is 18.9 Å². The SMILES string of the molecule is CN(C)NC(=O)c1nc(NC(=O)c2nc(NC(=O)C3=CCC(NCCCl)(NCCCl)C=C3)cn2C)cn1C. The van der Waals surface area contributed by atoms with Crippen LogP contribution in [0.2, 0.25) is 0 Å². The first kappa shape index (κ1) is 29.3. The monoisotopic (exact) mass is 566 g/mol. The van der Waals surface area contributed by atoms with Crippen molar-refractivity contribution in [3.8, 4) is 0 Å². The minimum Gasteiger partial charge on any atom is -0.328 e. The van der Waals surface area contributed by atoms with Crippen LogP contribution in [0.3, 0.4) is 0 Å². The number of rotatable bonds is 12. The van der Waals surface area contributed by atoms with E-state index in [1.807, 2.05) is 6.08 Å². The van der Waals surface area contributed by atoms with Gasteiger partial charge in [0.25, 0.3) is 11.8 Å². The summed E-state index contributed by atoms with van der Waals surface area (Å²) in [7, 11) is 6.62. The average molecular weight is 567 g/mol. The van der Waals surface area contributed by atoms with Gasteiger partial charge in [-0.05, 0) is 6.08 Å². The minimum atomic E-state index is -0.553. The molecule has 3 amide bonds. The zero-order chi connectivity index (χ0) is 27.9. The zero-order valence-corrected chi connectivity index (χ0v) is 23.2. The third-order valence-electron chi connectivity index (χ3n) is 5.49. The van der Waals surface area contributed by atoms with Gasteiger partial charge in [0.2, 0.25) is 11.6 Å². The van der Waals surface area contributed by atoms with Gasteiger partial charge < -0.3 is 19.8 Å². The number of carbonyl (C=O) groups excluding carboxylic acids is 3. The fraction of sp³-hybridized carbons (Fsp3) is 0.435. The maximum absolute atomic E-state index is 12.9. The lowest BCUT2D eigenvalue weighted by molar-refractivity contribution is -0.112. The number of anilines is 2. The Bertz CT molecular complexity index is 1230. The highest BCUT2D eigenvalue weighted by Crippen LogP contribution is 2.20. The van der Waals surface area contributed by atoms with Gasteiger partial charge in [0.1, 0.15) is 0 Å². The molecular formula is C23H32Cl2N10O3. The summed E-state index contributed by atoms with van der Waals surface area (Å²) in [6.45, 7) is 1.16. The third-order valence-corrected chi connectivity index (χ3v) is 5.87. The highest BCUT2D eigenvalue weighted by atomic mass is 35.5. The molecule has 0 atom stereocenters. The van der Waals surface area contributed by atoms with Crippen LogP contribution in [0.4, 0.5) is 11.6 Å². The smallest absolute Gasteiger partial charge is 0.301 e. The van der Waals surface area contributed by atoms with Gasteiger partial charge in [0.05, 0.1) is 5.66 Å². The van der Waals surface area contributed by atoms with Gasteiger partial charge in [-0.25, -0.2) is 15.0 Å². The van der Waals surface area contributed by atoms with Crippen molar-refractivity contribution >= 4 is 52.6 Å². The molecule has 0 aromatic carbocycles. The molecule has 15 heteroatoms. The molecule has 0 fully saturated rings. The summed E-state index contributed by atoms with van der Waals surface area (Å²) < 4.78 is 2.98. The second-order valence-corrected chi connectivity index (χ2v) is 9.52. The van der Waals surface area contributed by atoms with Gasteiger partial charge in [-0.3, -0.25) is 30.4 Å². The Morgan fingerprint density at radius 3 is 1.92 bits per heavy atom. The third kappa shape index (κ3) is 7.42. The topological polar surface area (TPSA) is 150 Å². The highest BCUT2D eigenvalue weighted by molar-refractivity contribution is 6.18. The summed E-state index contributed by atoms with van der Waals surface area (Å²) in [6, 6.07) is 0. The number of aryl methyl sites for hydroxylation is 2. The molecule has 3 rings (SSSR count). The number of aromatic nitrogens is 4. The Kier molecular flexibility index (Phi) is 10.1. The van der Waals surface area contributed by atoms with E-state index in [4.69, 9.17) is 23.2 Å². The molecule has 1 aliphatic rings. The number of amides is 3. The quantitative estimate of drug-likeness (QED) is 0.144. The molecule has 0 aliphatic heterocycles. The number of alkyl halides is 2. The van der Waals surface area contributed by atoms with Crippen LogP contribution in [0.1, 0.15) is 27.7 Å². The normalized spacial score (nSPS) is 14.3. The van der Waals surface area contributed by atoms with E-state index in [0.717, 1.165) is 0 Å².